The zero-order valence-corrected chi connectivity index (χ0v) is 18.8. The van der Waals surface area contributed by atoms with Gasteiger partial charge in [0.1, 0.15) is 0 Å². The van der Waals surface area contributed by atoms with Crippen LogP contribution in [-0.2, 0) is 0 Å². The molecule has 33 heavy (non-hydrogen) atoms. The molecule has 5 rings (SSSR count). The van der Waals surface area contributed by atoms with E-state index in [4.69, 9.17) is 4.74 Å². The summed E-state index contributed by atoms with van der Waals surface area (Å²) in [7, 11) is 0. The third-order valence-corrected chi connectivity index (χ3v) is 6.01. The van der Waals surface area contributed by atoms with Crippen molar-refractivity contribution < 1.29 is 18.3 Å². The van der Waals surface area contributed by atoms with Crippen molar-refractivity contribution >= 4 is 32.7 Å². The van der Waals surface area contributed by atoms with Gasteiger partial charge in [-0.2, -0.15) is 15.0 Å². The lowest BCUT2D eigenvalue weighted by atomic mass is 10.0. The van der Waals surface area contributed by atoms with E-state index in [1.165, 1.54) is 22.1 Å². The minimum Gasteiger partial charge on any atom is -0.466 e. The van der Waals surface area contributed by atoms with E-state index in [1.807, 2.05) is 18.2 Å². The lowest BCUT2D eigenvalue weighted by molar-refractivity contribution is -0.131. The molecular weight excluding hydrogens is 496 g/mol. The first kappa shape index (κ1) is 21.4. The molecule has 2 aromatic carbocycles. The molecule has 1 aliphatic heterocycles. The second-order valence-electron chi connectivity index (χ2n) is 7.69. The van der Waals surface area contributed by atoms with Crippen molar-refractivity contribution in [3.8, 4) is 11.6 Å². The Labute approximate surface area is 196 Å². The van der Waals surface area contributed by atoms with E-state index in [0.717, 1.165) is 5.39 Å². The number of aromatic nitrogens is 4. The maximum Gasteiger partial charge on any atom is 0.287 e. The van der Waals surface area contributed by atoms with Crippen LogP contribution in [0.2, 0.25) is 0 Å². The minimum absolute atomic E-state index is 0.0940. The van der Waals surface area contributed by atoms with Gasteiger partial charge in [0, 0.05) is 28.9 Å². The number of hydrogen-bond acceptors (Lipinski definition) is 5. The quantitative estimate of drug-likeness (QED) is 0.401. The van der Waals surface area contributed by atoms with Crippen LogP contribution in [0.3, 0.4) is 0 Å². The highest BCUT2D eigenvalue weighted by atomic mass is 79.9. The summed E-state index contributed by atoms with van der Waals surface area (Å²) in [5.74, 6) is -3.41. The maximum atomic E-state index is 14.8. The van der Waals surface area contributed by atoms with E-state index < -0.39 is 24.4 Å². The summed E-state index contributed by atoms with van der Waals surface area (Å²) >= 11 is 3.37. The molecule has 1 aliphatic rings. The molecule has 3 heterocycles. The van der Waals surface area contributed by atoms with Gasteiger partial charge in [-0.05, 0) is 30.3 Å². The topological polar surface area (TPSA) is 73.1 Å². The largest absolute Gasteiger partial charge is 0.466 e. The van der Waals surface area contributed by atoms with Crippen molar-refractivity contribution in [2.45, 2.75) is 18.4 Å². The number of rotatable bonds is 4. The number of pyridine rings is 1. The first-order valence-corrected chi connectivity index (χ1v) is 11.1. The van der Waals surface area contributed by atoms with Crippen LogP contribution in [-0.4, -0.2) is 55.9 Å². The number of nitrogens with zero attached hydrogens (tertiary/aromatic N) is 5. The van der Waals surface area contributed by atoms with Gasteiger partial charge in [-0.25, -0.2) is 13.8 Å². The molecule has 1 amide bonds. The first-order chi connectivity index (χ1) is 15.9. The monoisotopic (exact) mass is 513 g/mol. The molecule has 2 aromatic heterocycles. The van der Waals surface area contributed by atoms with Crippen molar-refractivity contribution in [3.63, 3.8) is 0 Å². The maximum absolute atomic E-state index is 14.8. The van der Waals surface area contributed by atoms with Crippen molar-refractivity contribution in [3.05, 3.63) is 77.0 Å². The van der Waals surface area contributed by atoms with Gasteiger partial charge in [0.15, 0.2) is 6.10 Å². The van der Waals surface area contributed by atoms with Crippen LogP contribution in [0.25, 0.3) is 16.6 Å². The molecule has 4 aromatic rings. The fourth-order valence-electron chi connectivity index (χ4n) is 3.80. The number of ether oxygens (including phenoxy) is 1. The van der Waals surface area contributed by atoms with Crippen molar-refractivity contribution in [2.75, 3.05) is 13.1 Å². The predicted molar refractivity (Wildman–Crippen MR) is 121 cm³/mol. The van der Waals surface area contributed by atoms with Crippen molar-refractivity contribution in [1.29, 1.82) is 0 Å². The molecule has 0 aliphatic carbocycles. The van der Waals surface area contributed by atoms with Crippen molar-refractivity contribution in [1.82, 2.24) is 24.9 Å². The van der Waals surface area contributed by atoms with Gasteiger partial charge in [-0.15, -0.1) is 0 Å². The third kappa shape index (κ3) is 4.30. The van der Waals surface area contributed by atoms with E-state index in [2.05, 4.69) is 31.1 Å². The Morgan fingerprint density at radius 1 is 1.09 bits per heavy atom. The molecule has 1 unspecified atom stereocenters. The lowest BCUT2D eigenvalue weighted by Gasteiger charge is -2.38. The van der Waals surface area contributed by atoms with Gasteiger partial charge in [-0.1, -0.05) is 34.1 Å². The smallest absolute Gasteiger partial charge is 0.287 e. The standard InChI is InChI=1S/C23H18BrF2N5O2/c24-16-6-7-19(31-27-10-11-28-31)17(13-16)22(32)30-12-9-23(25,26)20(14-30)33-21-8-5-15-3-1-2-4-18(15)29-21/h1-8,10-11,13,20H,9,12,14H2. The first-order valence-electron chi connectivity index (χ1n) is 10.3. The number of amides is 1. The Morgan fingerprint density at radius 2 is 1.88 bits per heavy atom. The third-order valence-electron chi connectivity index (χ3n) is 5.52. The zero-order chi connectivity index (χ0) is 23.0. The Bertz CT molecular complexity index is 1320. The zero-order valence-electron chi connectivity index (χ0n) is 17.2. The van der Waals surface area contributed by atoms with Crippen LogP contribution >= 0.6 is 15.9 Å². The summed E-state index contributed by atoms with van der Waals surface area (Å²) in [6.45, 7) is -0.381. The van der Waals surface area contributed by atoms with Gasteiger partial charge >= 0.3 is 0 Å². The van der Waals surface area contributed by atoms with Gasteiger partial charge < -0.3 is 9.64 Å². The summed E-state index contributed by atoms with van der Waals surface area (Å²) in [6, 6.07) is 15.8. The highest BCUT2D eigenvalue weighted by molar-refractivity contribution is 9.10. The van der Waals surface area contributed by atoms with E-state index in [1.54, 1.807) is 36.4 Å². The van der Waals surface area contributed by atoms with Crippen molar-refractivity contribution in [2.24, 2.45) is 0 Å². The number of likely N-dealkylation sites (tertiary alicyclic amines) is 1. The molecule has 0 saturated carbocycles. The van der Waals surface area contributed by atoms with Gasteiger partial charge in [0.2, 0.25) is 5.88 Å². The van der Waals surface area contributed by atoms with E-state index in [9.17, 15) is 13.6 Å². The molecule has 10 heteroatoms. The molecule has 1 fully saturated rings. The highest BCUT2D eigenvalue weighted by Crippen LogP contribution is 2.33. The van der Waals surface area contributed by atoms with E-state index >= 15 is 0 Å². The van der Waals surface area contributed by atoms with E-state index in [0.29, 0.717) is 21.2 Å². The number of halogens is 3. The van der Waals surface area contributed by atoms with Crippen LogP contribution in [0.4, 0.5) is 8.78 Å². The summed E-state index contributed by atoms with van der Waals surface area (Å²) in [5, 5.41) is 9.06. The SMILES string of the molecule is O=C(c1cc(Br)ccc1-n1nccn1)N1CCC(F)(F)C(Oc2ccc3ccccc3n2)C1. The van der Waals surface area contributed by atoms with Crippen LogP contribution < -0.4 is 4.74 Å². The Balaban J connectivity index is 1.41. The Kier molecular flexibility index (Phi) is 5.53. The van der Waals surface area contributed by atoms with Crippen LogP contribution in [0.1, 0.15) is 16.8 Å². The Hall–Kier alpha value is -3.40. The predicted octanol–water partition coefficient (Wildman–Crippen LogP) is 4.51. The molecule has 168 valence electrons. The summed E-state index contributed by atoms with van der Waals surface area (Å²) in [4.78, 5) is 20.4. The average molecular weight is 514 g/mol. The Morgan fingerprint density at radius 3 is 2.70 bits per heavy atom. The van der Waals surface area contributed by atoms with Crippen LogP contribution in [0, 0.1) is 0 Å². The number of para-hydroxylation sites is 1. The molecule has 0 spiro atoms. The highest BCUT2D eigenvalue weighted by Gasteiger charge is 2.47. The van der Waals surface area contributed by atoms with Gasteiger partial charge in [0.25, 0.3) is 11.8 Å². The number of carbonyl (C=O) groups excluding carboxylic acids is 1. The second-order valence-corrected chi connectivity index (χ2v) is 8.61. The van der Waals surface area contributed by atoms with E-state index in [-0.39, 0.29) is 19.0 Å². The van der Waals surface area contributed by atoms with Gasteiger partial charge in [0.05, 0.1) is 35.7 Å². The number of benzene rings is 2. The second kappa shape index (κ2) is 8.51. The molecular formula is C23H18BrF2N5O2. The normalized spacial score (nSPS) is 17.8. The minimum atomic E-state index is -3.10. The lowest BCUT2D eigenvalue weighted by Crippen LogP contribution is -2.55. The summed E-state index contributed by atoms with van der Waals surface area (Å²) in [5.41, 5.74) is 1.40. The summed E-state index contributed by atoms with van der Waals surface area (Å²) in [6.07, 6.45) is 0.957. The van der Waals surface area contributed by atoms with Crippen LogP contribution in [0.5, 0.6) is 5.88 Å². The molecule has 0 bridgehead atoms. The molecule has 1 atom stereocenters. The molecule has 1 saturated heterocycles. The van der Waals surface area contributed by atoms with Gasteiger partial charge in [-0.3, -0.25) is 4.79 Å². The number of piperidine rings is 1. The number of fused-ring (bicyclic) bond motifs is 1. The number of carbonyl (C=O) groups is 1. The fourth-order valence-corrected chi connectivity index (χ4v) is 4.16. The molecule has 0 N–H and O–H groups in total. The summed E-state index contributed by atoms with van der Waals surface area (Å²) < 4.78 is 35.8. The molecule has 7 nitrogen and oxygen atoms in total. The van der Waals surface area contributed by atoms with Crippen LogP contribution in [0.15, 0.2) is 71.5 Å². The molecule has 0 radical (unpaired) electrons. The fraction of sp³-hybridized carbons (Fsp3) is 0.217. The number of alkyl halides is 2. The average Bonchev–Trinajstić information content (AvgIpc) is 3.34. The number of hydrogen-bond donors (Lipinski definition) is 0.